The van der Waals surface area contributed by atoms with E-state index in [4.69, 9.17) is 5.73 Å². The van der Waals surface area contributed by atoms with Gasteiger partial charge in [-0.3, -0.25) is 0 Å². The van der Waals surface area contributed by atoms with Gasteiger partial charge >= 0.3 is 0 Å². The van der Waals surface area contributed by atoms with Crippen LogP contribution >= 0.6 is 0 Å². The van der Waals surface area contributed by atoms with E-state index in [2.05, 4.69) is 21.0 Å². The fraction of sp³-hybridized carbons (Fsp3) is 0.571. The summed E-state index contributed by atoms with van der Waals surface area (Å²) in [6.45, 7) is 2.04. The first-order chi connectivity index (χ1) is 8.74. The van der Waals surface area contributed by atoms with Crippen molar-refractivity contribution >= 4 is 11.2 Å². The van der Waals surface area contributed by atoms with Gasteiger partial charge in [0.15, 0.2) is 5.65 Å². The Hall–Kier alpha value is -1.42. The number of fused-ring (bicyclic) bond motifs is 1. The summed E-state index contributed by atoms with van der Waals surface area (Å²) in [5.41, 5.74) is 9.27. The Morgan fingerprint density at radius 1 is 1.33 bits per heavy atom. The number of rotatable bonds is 2. The number of pyridine rings is 1. The average Bonchev–Trinajstić information content (AvgIpc) is 2.81. The van der Waals surface area contributed by atoms with Crippen LogP contribution in [0.2, 0.25) is 0 Å². The second kappa shape index (κ2) is 4.69. The topological polar surface area (TPSA) is 67.6 Å². The Kier molecular flexibility index (Phi) is 3.04. The number of nitrogens with two attached hydrogens (primary N) is 1. The lowest BCUT2D eigenvalue weighted by Crippen LogP contribution is -2.24. The van der Waals surface area contributed by atoms with E-state index in [-0.39, 0.29) is 6.04 Å². The number of imidazole rings is 1. The Morgan fingerprint density at radius 2 is 2.11 bits per heavy atom. The summed E-state index contributed by atoms with van der Waals surface area (Å²) in [5.74, 6) is 1.47. The van der Waals surface area contributed by atoms with E-state index in [1.54, 1.807) is 0 Å². The van der Waals surface area contributed by atoms with Crippen LogP contribution < -0.4 is 5.73 Å². The molecule has 1 atom stereocenters. The molecular formula is C14H20N4. The molecule has 2 heterocycles. The minimum Gasteiger partial charge on any atom is -0.339 e. The summed E-state index contributed by atoms with van der Waals surface area (Å²) in [6, 6.07) is 2.10. The molecule has 0 saturated heterocycles. The second-order valence-corrected chi connectivity index (χ2v) is 5.43. The van der Waals surface area contributed by atoms with E-state index < -0.39 is 0 Å². The Bertz CT molecular complexity index is 540. The first-order valence-corrected chi connectivity index (χ1v) is 6.82. The van der Waals surface area contributed by atoms with Crippen LogP contribution in [-0.4, -0.2) is 15.0 Å². The summed E-state index contributed by atoms with van der Waals surface area (Å²) in [7, 11) is 0. The Labute approximate surface area is 107 Å². The van der Waals surface area contributed by atoms with Crippen LogP contribution in [0.3, 0.4) is 0 Å². The van der Waals surface area contributed by atoms with Gasteiger partial charge < -0.3 is 10.7 Å². The molecular weight excluding hydrogens is 224 g/mol. The molecule has 2 aromatic heterocycles. The van der Waals surface area contributed by atoms with Crippen molar-refractivity contribution in [3.8, 4) is 0 Å². The number of aromatic nitrogens is 3. The molecule has 0 radical (unpaired) electrons. The predicted molar refractivity (Wildman–Crippen MR) is 72.1 cm³/mol. The van der Waals surface area contributed by atoms with Crippen LogP contribution in [-0.2, 0) is 0 Å². The van der Waals surface area contributed by atoms with Crippen molar-refractivity contribution in [2.24, 2.45) is 11.7 Å². The van der Waals surface area contributed by atoms with Gasteiger partial charge in [-0.1, -0.05) is 19.3 Å². The highest BCUT2D eigenvalue weighted by Gasteiger charge is 2.24. The highest BCUT2D eigenvalue weighted by atomic mass is 15.0. The molecule has 1 aliphatic carbocycles. The van der Waals surface area contributed by atoms with Crippen LogP contribution in [0.15, 0.2) is 12.3 Å². The molecule has 4 heteroatoms. The molecule has 0 bridgehead atoms. The molecule has 0 amide bonds. The molecule has 2 aromatic rings. The number of aromatic amines is 1. The third kappa shape index (κ3) is 2.12. The van der Waals surface area contributed by atoms with Gasteiger partial charge in [-0.2, -0.15) is 0 Å². The average molecular weight is 244 g/mol. The molecule has 0 aromatic carbocycles. The third-order valence-corrected chi connectivity index (χ3v) is 3.97. The van der Waals surface area contributed by atoms with E-state index in [9.17, 15) is 0 Å². The predicted octanol–water partition coefficient (Wildman–Crippen LogP) is 2.85. The van der Waals surface area contributed by atoms with Gasteiger partial charge in [0.05, 0.1) is 11.6 Å². The number of aryl methyl sites for hydroxylation is 1. The van der Waals surface area contributed by atoms with Crippen molar-refractivity contribution in [3.63, 3.8) is 0 Å². The summed E-state index contributed by atoms with van der Waals surface area (Å²) in [5, 5.41) is 0. The van der Waals surface area contributed by atoms with E-state index in [0.717, 1.165) is 22.6 Å². The van der Waals surface area contributed by atoms with Crippen molar-refractivity contribution in [1.29, 1.82) is 0 Å². The summed E-state index contributed by atoms with van der Waals surface area (Å²) < 4.78 is 0. The number of nitrogens with zero attached hydrogens (tertiary/aromatic N) is 2. The minimum atomic E-state index is 0.0276. The van der Waals surface area contributed by atoms with Gasteiger partial charge in [0.25, 0.3) is 0 Å². The smallest absolute Gasteiger partial charge is 0.177 e. The molecule has 1 fully saturated rings. The zero-order valence-electron chi connectivity index (χ0n) is 10.8. The largest absolute Gasteiger partial charge is 0.339 e. The van der Waals surface area contributed by atoms with E-state index in [1.165, 1.54) is 32.1 Å². The summed E-state index contributed by atoms with van der Waals surface area (Å²) in [6.07, 6.45) is 8.25. The zero-order valence-corrected chi connectivity index (χ0v) is 10.8. The minimum absolute atomic E-state index is 0.0276. The van der Waals surface area contributed by atoms with E-state index in [1.807, 2.05) is 13.1 Å². The van der Waals surface area contributed by atoms with Crippen molar-refractivity contribution in [1.82, 2.24) is 15.0 Å². The van der Waals surface area contributed by atoms with Crippen LogP contribution in [0.25, 0.3) is 11.2 Å². The number of H-pyrrole nitrogens is 1. The first kappa shape index (κ1) is 11.7. The van der Waals surface area contributed by atoms with Crippen molar-refractivity contribution < 1.29 is 0 Å². The molecule has 3 N–H and O–H groups in total. The molecule has 0 aliphatic heterocycles. The zero-order chi connectivity index (χ0) is 12.5. The lowest BCUT2D eigenvalue weighted by molar-refractivity contribution is 0.302. The lowest BCUT2D eigenvalue weighted by atomic mass is 9.84. The number of nitrogens with one attached hydrogen (secondary N) is 1. The Morgan fingerprint density at radius 3 is 2.89 bits per heavy atom. The standard InChI is InChI=1S/C14H20N4/c1-9-7-11-13(16-8-9)18-14(17-11)12(15)10-5-3-2-4-6-10/h7-8,10,12H,2-6,15H2,1H3,(H,16,17,18). The molecule has 3 rings (SSSR count). The van der Waals surface area contributed by atoms with Crippen molar-refractivity contribution in [3.05, 3.63) is 23.7 Å². The second-order valence-electron chi connectivity index (χ2n) is 5.43. The molecule has 1 unspecified atom stereocenters. The maximum atomic E-state index is 6.35. The molecule has 4 nitrogen and oxygen atoms in total. The molecule has 96 valence electrons. The Balaban J connectivity index is 1.88. The van der Waals surface area contributed by atoms with Gasteiger partial charge in [-0.15, -0.1) is 0 Å². The maximum absolute atomic E-state index is 6.35. The molecule has 1 aliphatic rings. The molecule has 18 heavy (non-hydrogen) atoms. The van der Waals surface area contributed by atoms with Crippen LogP contribution in [0.5, 0.6) is 0 Å². The molecule has 0 spiro atoms. The van der Waals surface area contributed by atoms with E-state index >= 15 is 0 Å². The fourth-order valence-corrected chi connectivity index (χ4v) is 2.90. The summed E-state index contributed by atoms with van der Waals surface area (Å²) >= 11 is 0. The van der Waals surface area contributed by atoms with Gasteiger partial charge in [0, 0.05) is 6.20 Å². The number of hydrogen-bond acceptors (Lipinski definition) is 3. The van der Waals surface area contributed by atoms with Gasteiger partial charge in [0.2, 0.25) is 0 Å². The maximum Gasteiger partial charge on any atom is 0.177 e. The third-order valence-electron chi connectivity index (χ3n) is 3.97. The quantitative estimate of drug-likeness (QED) is 0.853. The first-order valence-electron chi connectivity index (χ1n) is 6.82. The van der Waals surface area contributed by atoms with Crippen LogP contribution in [0, 0.1) is 12.8 Å². The van der Waals surface area contributed by atoms with E-state index in [0.29, 0.717) is 5.92 Å². The normalized spacial score (nSPS) is 19.2. The van der Waals surface area contributed by atoms with Crippen LogP contribution in [0.4, 0.5) is 0 Å². The summed E-state index contributed by atoms with van der Waals surface area (Å²) in [4.78, 5) is 12.2. The SMILES string of the molecule is Cc1cnc2nc(C(N)C3CCCCC3)[nH]c2c1. The van der Waals surface area contributed by atoms with Crippen molar-refractivity contribution in [2.75, 3.05) is 0 Å². The number of hydrogen-bond donors (Lipinski definition) is 2. The van der Waals surface area contributed by atoms with Gasteiger partial charge in [0.1, 0.15) is 5.82 Å². The van der Waals surface area contributed by atoms with Gasteiger partial charge in [-0.05, 0) is 37.3 Å². The molecule has 1 saturated carbocycles. The highest BCUT2D eigenvalue weighted by molar-refractivity contribution is 5.71. The monoisotopic (exact) mass is 244 g/mol. The fourth-order valence-electron chi connectivity index (χ4n) is 2.90. The lowest BCUT2D eigenvalue weighted by Gasteiger charge is -2.25. The van der Waals surface area contributed by atoms with Crippen molar-refractivity contribution in [2.45, 2.75) is 45.1 Å². The van der Waals surface area contributed by atoms with Crippen LogP contribution in [0.1, 0.15) is 49.5 Å². The highest BCUT2D eigenvalue weighted by Crippen LogP contribution is 2.32. The van der Waals surface area contributed by atoms with Gasteiger partial charge in [-0.25, -0.2) is 9.97 Å².